The first kappa shape index (κ1) is 18.8. The Hall–Kier alpha value is -2.94. The van der Waals surface area contributed by atoms with Crippen molar-refractivity contribution in [2.75, 3.05) is 21.9 Å². The van der Waals surface area contributed by atoms with Gasteiger partial charge in [0.1, 0.15) is 0 Å². The lowest BCUT2D eigenvalue weighted by Crippen LogP contribution is -2.36. The Labute approximate surface area is 157 Å². The molecule has 0 radical (unpaired) electrons. The van der Waals surface area contributed by atoms with Gasteiger partial charge in [-0.15, -0.1) is 0 Å². The molecule has 142 valence electrons. The first-order valence-electron chi connectivity index (χ1n) is 8.51. The van der Waals surface area contributed by atoms with E-state index >= 15 is 0 Å². The van der Waals surface area contributed by atoms with Gasteiger partial charge in [-0.2, -0.15) is 0 Å². The van der Waals surface area contributed by atoms with Crippen molar-refractivity contribution in [1.29, 1.82) is 0 Å². The van der Waals surface area contributed by atoms with Crippen LogP contribution in [0, 0.1) is 10.1 Å². The van der Waals surface area contributed by atoms with Gasteiger partial charge in [0.2, 0.25) is 10.0 Å². The Bertz CT molecular complexity index is 1000. The second-order valence-electron chi connectivity index (χ2n) is 6.18. The number of fused-ring (bicyclic) bond motifs is 1. The summed E-state index contributed by atoms with van der Waals surface area (Å²) in [6.45, 7) is 2.03. The predicted molar refractivity (Wildman–Crippen MR) is 103 cm³/mol. The first-order valence-corrected chi connectivity index (χ1v) is 10.1. The van der Waals surface area contributed by atoms with Crippen molar-refractivity contribution in [3.63, 3.8) is 0 Å². The van der Waals surface area contributed by atoms with Gasteiger partial charge >= 0.3 is 0 Å². The number of rotatable bonds is 5. The number of nitrogens with zero attached hydrogens (tertiary/aromatic N) is 2. The van der Waals surface area contributed by atoms with Gasteiger partial charge in [0.05, 0.1) is 16.4 Å². The highest BCUT2D eigenvalue weighted by Gasteiger charge is 2.26. The van der Waals surface area contributed by atoms with Crippen LogP contribution >= 0.6 is 0 Å². The number of hydrogen-bond donors (Lipinski definition) is 1. The van der Waals surface area contributed by atoms with Crippen LogP contribution in [0.5, 0.6) is 0 Å². The van der Waals surface area contributed by atoms with Gasteiger partial charge in [0.15, 0.2) is 0 Å². The zero-order chi connectivity index (χ0) is 19.6. The number of benzene rings is 2. The zero-order valence-electron chi connectivity index (χ0n) is 14.7. The van der Waals surface area contributed by atoms with Gasteiger partial charge in [0.25, 0.3) is 11.6 Å². The van der Waals surface area contributed by atoms with E-state index in [-0.39, 0.29) is 11.4 Å². The summed E-state index contributed by atoms with van der Waals surface area (Å²) < 4.78 is 25.9. The molecule has 27 heavy (non-hydrogen) atoms. The van der Waals surface area contributed by atoms with Crippen molar-refractivity contribution in [2.24, 2.45) is 0 Å². The second kappa shape index (κ2) is 7.36. The van der Waals surface area contributed by atoms with Crippen LogP contribution in [-0.4, -0.2) is 31.5 Å². The summed E-state index contributed by atoms with van der Waals surface area (Å²) in [4.78, 5) is 22.8. The van der Waals surface area contributed by atoms with Crippen LogP contribution in [0.1, 0.15) is 29.3 Å². The van der Waals surface area contributed by atoms with Crippen molar-refractivity contribution in [3.8, 4) is 0 Å². The largest absolute Gasteiger partial charge is 0.322 e. The Morgan fingerprint density at radius 2 is 2.04 bits per heavy atom. The first-order chi connectivity index (χ1) is 12.8. The normalized spacial score (nSPS) is 13.7. The summed E-state index contributed by atoms with van der Waals surface area (Å²) >= 11 is 0. The van der Waals surface area contributed by atoms with Gasteiger partial charge in [-0.05, 0) is 49.6 Å². The second-order valence-corrected chi connectivity index (χ2v) is 8.36. The summed E-state index contributed by atoms with van der Waals surface area (Å²) in [7, 11) is -3.36. The molecule has 9 heteroatoms. The number of carbonyl (C=O) groups excluding carboxylic acids is 1. The van der Waals surface area contributed by atoms with Gasteiger partial charge < -0.3 is 5.32 Å². The summed E-state index contributed by atoms with van der Waals surface area (Å²) in [6.07, 6.45) is 1.37. The van der Waals surface area contributed by atoms with E-state index in [1.54, 1.807) is 31.2 Å². The third kappa shape index (κ3) is 3.92. The van der Waals surface area contributed by atoms with E-state index in [9.17, 15) is 23.3 Å². The maximum atomic E-state index is 12.5. The molecule has 1 aliphatic rings. The minimum Gasteiger partial charge on any atom is -0.322 e. The molecule has 2 aromatic rings. The van der Waals surface area contributed by atoms with Crippen LogP contribution in [0.3, 0.4) is 0 Å². The molecule has 1 heterocycles. The molecule has 0 fully saturated rings. The van der Waals surface area contributed by atoms with E-state index in [4.69, 9.17) is 0 Å². The fourth-order valence-corrected chi connectivity index (χ4v) is 4.25. The number of non-ortho nitro benzene ring substituents is 1. The molecular weight excluding hydrogens is 370 g/mol. The molecule has 0 saturated heterocycles. The van der Waals surface area contributed by atoms with E-state index in [1.165, 1.54) is 22.5 Å². The molecule has 8 nitrogen and oxygen atoms in total. The summed E-state index contributed by atoms with van der Waals surface area (Å²) in [5.41, 5.74) is 1.98. The Morgan fingerprint density at radius 3 is 2.74 bits per heavy atom. The molecule has 1 aliphatic heterocycles. The number of amides is 1. The van der Waals surface area contributed by atoms with Crippen molar-refractivity contribution < 1.29 is 18.1 Å². The number of nitro benzene ring substituents is 1. The molecule has 1 N–H and O–H groups in total. The van der Waals surface area contributed by atoms with E-state index in [0.29, 0.717) is 36.3 Å². The quantitative estimate of drug-likeness (QED) is 0.624. The molecule has 0 unspecified atom stereocenters. The van der Waals surface area contributed by atoms with E-state index in [2.05, 4.69) is 5.32 Å². The zero-order valence-corrected chi connectivity index (χ0v) is 15.5. The Kier molecular flexibility index (Phi) is 5.13. The molecule has 0 bridgehead atoms. The SMILES string of the molecule is CCS(=O)(=O)N1CCCc2cc(C(=O)Nc3cccc([N+](=O)[O-])c3)ccc21. The number of anilines is 2. The van der Waals surface area contributed by atoms with Crippen LogP contribution in [-0.2, 0) is 16.4 Å². The molecule has 0 aromatic heterocycles. The van der Waals surface area contributed by atoms with Crippen molar-refractivity contribution in [1.82, 2.24) is 0 Å². The van der Waals surface area contributed by atoms with Gasteiger partial charge in [-0.1, -0.05) is 6.07 Å². The summed E-state index contributed by atoms with van der Waals surface area (Å²) in [5, 5.41) is 13.5. The van der Waals surface area contributed by atoms with Crippen LogP contribution in [0.2, 0.25) is 0 Å². The topological polar surface area (TPSA) is 110 Å². The summed E-state index contributed by atoms with van der Waals surface area (Å²) in [6, 6.07) is 10.6. The number of nitrogens with one attached hydrogen (secondary N) is 1. The van der Waals surface area contributed by atoms with Crippen LogP contribution < -0.4 is 9.62 Å². The van der Waals surface area contributed by atoms with E-state index < -0.39 is 20.9 Å². The Morgan fingerprint density at radius 1 is 1.26 bits per heavy atom. The fourth-order valence-electron chi connectivity index (χ4n) is 3.05. The Balaban J connectivity index is 1.85. The lowest BCUT2D eigenvalue weighted by Gasteiger charge is -2.30. The van der Waals surface area contributed by atoms with Crippen LogP contribution in [0.4, 0.5) is 17.1 Å². The predicted octanol–water partition coefficient (Wildman–Crippen LogP) is 2.95. The average molecular weight is 389 g/mol. The molecule has 3 rings (SSSR count). The average Bonchev–Trinajstić information content (AvgIpc) is 2.67. The molecule has 0 atom stereocenters. The van der Waals surface area contributed by atoms with E-state index in [0.717, 1.165) is 5.56 Å². The molecular formula is C18H19N3O5S. The number of carbonyl (C=O) groups is 1. The maximum absolute atomic E-state index is 12.5. The van der Waals surface area contributed by atoms with Gasteiger partial charge in [0, 0.05) is 29.9 Å². The van der Waals surface area contributed by atoms with Crippen LogP contribution in [0.15, 0.2) is 42.5 Å². The maximum Gasteiger partial charge on any atom is 0.271 e. The standard InChI is InChI=1S/C18H19N3O5S/c1-2-27(25,26)20-10-4-5-13-11-14(8-9-17(13)20)18(22)19-15-6-3-7-16(12-15)21(23)24/h3,6-9,11-12H,2,4-5,10H2,1H3,(H,19,22). The lowest BCUT2D eigenvalue weighted by atomic mass is 10.0. The molecule has 0 aliphatic carbocycles. The highest BCUT2D eigenvalue weighted by atomic mass is 32.2. The smallest absolute Gasteiger partial charge is 0.271 e. The third-order valence-corrected chi connectivity index (χ3v) is 6.21. The highest BCUT2D eigenvalue weighted by Crippen LogP contribution is 2.30. The minimum atomic E-state index is -3.36. The minimum absolute atomic E-state index is 0.0153. The number of aryl methyl sites for hydroxylation is 1. The van der Waals surface area contributed by atoms with Crippen LogP contribution in [0.25, 0.3) is 0 Å². The number of hydrogen-bond acceptors (Lipinski definition) is 5. The highest BCUT2D eigenvalue weighted by molar-refractivity contribution is 7.92. The van der Waals surface area contributed by atoms with Gasteiger partial charge in [-0.3, -0.25) is 19.2 Å². The number of nitro groups is 1. The monoisotopic (exact) mass is 389 g/mol. The number of sulfonamides is 1. The summed E-state index contributed by atoms with van der Waals surface area (Å²) in [5.74, 6) is -0.393. The van der Waals surface area contributed by atoms with Crippen molar-refractivity contribution >= 4 is 33.0 Å². The third-order valence-electron chi connectivity index (χ3n) is 4.43. The fraction of sp³-hybridized carbons (Fsp3) is 0.278. The van der Waals surface area contributed by atoms with Gasteiger partial charge in [-0.25, -0.2) is 8.42 Å². The molecule has 1 amide bonds. The van der Waals surface area contributed by atoms with Crippen molar-refractivity contribution in [3.05, 3.63) is 63.7 Å². The van der Waals surface area contributed by atoms with E-state index in [1.807, 2.05) is 0 Å². The van der Waals surface area contributed by atoms with Crippen molar-refractivity contribution in [2.45, 2.75) is 19.8 Å². The molecule has 2 aromatic carbocycles. The molecule has 0 spiro atoms. The lowest BCUT2D eigenvalue weighted by molar-refractivity contribution is -0.384. The molecule has 0 saturated carbocycles.